The van der Waals surface area contributed by atoms with Crippen LogP contribution < -0.4 is 10.5 Å². The van der Waals surface area contributed by atoms with E-state index in [0.29, 0.717) is 11.3 Å². The Balaban J connectivity index is 2.27. The number of rotatable bonds is 4. The highest BCUT2D eigenvalue weighted by Crippen LogP contribution is 2.28. The van der Waals surface area contributed by atoms with Gasteiger partial charge in [-0.3, -0.25) is 0 Å². The lowest BCUT2D eigenvalue weighted by molar-refractivity contribution is 0.183. The van der Waals surface area contributed by atoms with Gasteiger partial charge in [-0.15, -0.1) is 0 Å². The number of nitrogens with two attached hydrogens (primary N) is 1. The van der Waals surface area contributed by atoms with E-state index >= 15 is 0 Å². The molecule has 3 N–H and O–H groups in total. The van der Waals surface area contributed by atoms with Crippen LogP contribution in [0, 0.1) is 0 Å². The van der Waals surface area contributed by atoms with E-state index in [1.54, 1.807) is 0 Å². The molecule has 3 nitrogen and oxygen atoms in total. The minimum atomic E-state index is -0.699. The van der Waals surface area contributed by atoms with Gasteiger partial charge in [-0.25, -0.2) is 0 Å². The summed E-state index contributed by atoms with van der Waals surface area (Å²) in [6, 6.07) is 16.8. The highest BCUT2D eigenvalue weighted by atomic mass is 16.5. The van der Waals surface area contributed by atoms with Gasteiger partial charge in [0.1, 0.15) is 11.5 Å². The van der Waals surface area contributed by atoms with Gasteiger partial charge in [0.25, 0.3) is 0 Å². The van der Waals surface area contributed by atoms with Crippen LogP contribution in [0.15, 0.2) is 54.6 Å². The second-order valence-electron chi connectivity index (χ2n) is 3.70. The molecule has 0 heterocycles. The summed E-state index contributed by atoms with van der Waals surface area (Å²) in [5.74, 6) is 1.38. The predicted molar refractivity (Wildman–Crippen MR) is 67.0 cm³/mol. The smallest absolute Gasteiger partial charge is 0.133 e. The first-order chi connectivity index (χ1) is 8.31. The first kappa shape index (κ1) is 11.6. The molecule has 0 aromatic heterocycles. The van der Waals surface area contributed by atoms with Gasteiger partial charge in [-0.1, -0.05) is 36.4 Å². The standard InChI is InChI=1S/C14H15NO2/c15-10-13(16)12-8-4-5-9-14(12)17-11-6-2-1-3-7-11/h1-9,13,16H,10,15H2/t13-/m0/s1. The number of hydrogen-bond donors (Lipinski definition) is 2. The molecule has 3 heteroatoms. The topological polar surface area (TPSA) is 55.5 Å². The summed E-state index contributed by atoms with van der Waals surface area (Å²) in [7, 11) is 0. The molecule has 2 aromatic carbocycles. The molecule has 0 amide bonds. The lowest BCUT2D eigenvalue weighted by Gasteiger charge is -2.14. The highest BCUT2D eigenvalue weighted by Gasteiger charge is 2.11. The van der Waals surface area contributed by atoms with Gasteiger partial charge in [0.05, 0.1) is 6.10 Å². The van der Waals surface area contributed by atoms with Crippen molar-refractivity contribution in [3.05, 3.63) is 60.2 Å². The number of para-hydroxylation sites is 2. The Hall–Kier alpha value is -1.84. The van der Waals surface area contributed by atoms with Crippen molar-refractivity contribution < 1.29 is 9.84 Å². The molecule has 2 aromatic rings. The van der Waals surface area contributed by atoms with E-state index in [9.17, 15) is 5.11 Å². The lowest BCUT2D eigenvalue weighted by atomic mass is 10.1. The van der Waals surface area contributed by atoms with E-state index in [1.165, 1.54) is 0 Å². The second kappa shape index (κ2) is 5.48. The normalized spacial score (nSPS) is 12.1. The average molecular weight is 229 g/mol. The fourth-order valence-electron chi connectivity index (χ4n) is 1.59. The van der Waals surface area contributed by atoms with Gasteiger partial charge in [-0.2, -0.15) is 0 Å². The molecule has 0 saturated heterocycles. The number of aliphatic hydroxyl groups excluding tert-OH is 1. The molecule has 0 aliphatic rings. The molecule has 88 valence electrons. The Bertz CT molecular complexity index is 471. The maximum Gasteiger partial charge on any atom is 0.133 e. The summed E-state index contributed by atoms with van der Waals surface area (Å²) in [5, 5.41) is 9.78. The van der Waals surface area contributed by atoms with E-state index < -0.39 is 6.10 Å². The molecule has 0 saturated carbocycles. The first-order valence-electron chi connectivity index (χ1n) is 5.51. The molecular formula is C14H15NO2. The Labute approximate surface area is 100 Å². The predicted octanol–water partition coefficient (Wildman–Crippen LogP) is 2.47. The maximum absolute atomic E-state index is 9.78. The molecule has 17 heavy (non-hydrogen) atoms. The molecular weight excluding hydrogens is 214 g/mol. The van der Waals surface area contributed by atoms with E-state index in [1.807, 2.05) is 54.6 Å². The molecule has 0 aliphatic carbocycles. The third-order valence-corrected chi connectivity index (χ3v) is 2.47. The quantitative estimate of drug-likeness (QED) is 0.846. The summed E-state index contributed by atoms with van der Waals surface area (Å²) in [6.45, 7) is 0.176. The van der Waals surface area contributed by atoms with Gasteiger partial charge in [0.2, 0.25) is 0 Å². The first-order valence-corrected chi connectivity index (χ1v) is 5.51. The van der Waals surface area contributed by atoms with E-state index in [2.05, 4.69) is 0 Å². The summed E-state index contributed by atoms with van der Waals surface area (Å²) >= 11 is 0. The molecule has 0 unspecified atom stereocenters. The van der Waals surface area contributed by atoms with Gasteiger partial charge < -0.3 is 15.6 Å². The Morgan fingerprint density at radius 1 is 1.00 bits per heavy atom. The Morgan fingerprint density at radius 3 is 2.35 bits per heavy atom. The minimum absolute atomic E-state index is 0.176. The second-order valence-corrected chi connectivity index (χ2v) is 3.70. The van der Waals surface area contributed by atoms with E-state index in [0.717, 1.165) is 5.75 Å². The molecule has 1 atom stereocenters. The van der Waals surface area contributed by atoms with Gasteiger partial charge in [-0.05, 0) is 18.2 Å². The van der Waals surface area contributed by atoms with Gasteiger partial charge in [0, 0.05) is 12.1 Å². The monoisotopic (exact) mass is 229 g/mol. The van der Waals surface area contributed by atoms with Crippen molar-refractivity contribution in [2.45, 2.75) is 6.10 Å². The van der Waals surface area contributed by atoms with Crippen molar-refractivity contribution >= 4 is 0 Å². The van der Waals surface area contributed by atoms with Crippen LogP contribution in [0.1, 0.15) is 11.7 Å². The number of benzene rings is 2. The zero-order valence-corrected chi connectivity index (χ0v) is 9.41. The van der Waals surface area contributed by atoms with Crippen LogP contribution in [0.25, 0.3) is 0 Å². The van der Waals surface area contributed by atoms with Crippen molar-refractivity contribution in [3.8, 4) is 11.5 Å². The van der Waals surface area contributed by atoms with Crippen molar-refractivity contribution in [2.24, 2.45) is 5.73 Å². The molecule has 0 aliphatic heterocycles. The Kier molecular flexibility index (Phi) is 3.75. The fraction of sp³-hybridized carbons (Fsp3) is 0.143. The molecule has 2 rings (SSSR count). The van der Waals surface area contributed by atoms with Gasteiger partial charge >= 0.3 is 0 Å². The van der Waals surface area contributed by atoms with Crippen LogP contribution in [-0.4, -0.2) is 11.7 Å². The fourth-order valence-corrected chi connectivity index (χ4v) is 1.59. The average Bonchev–Trinajstić information content (AvgIpc) is 2.40. The van der Waals surface area contributed by atoms with Crippen LogP contribution in [0.5, 0.6) is 11.5 Å². The van der Waals surface area contributed by atoms with Crippen molar-refractivity contribution in [3.63, 3.8) is 0 Å². The number of hydrogen-bond acceptors (Lipinski definition) is 3. The third kappa shape index (κ3) is 2.84. The van der Waals surface area contributed by atoms with E-state index in [-0.39, 0.29) is 6.54 Å². The number of aliphatic hydroxyl groups is 1. The molecule has 0 spiro atoms. The maximum atomic E-state index is 9.78. The van der Waals surface area contributed by atoms with Crippen LogP contribution >= 0.6 is 0 Å². The zero-order valence-electron chi connectivity index (χ0n) is 9.41. The highest BCUT2D eigenvalue weighted by molar-refractivity contribution is 5.39. The van der Waals surface area contributed by atoms with Crippen molar-refractivity contribution in [1.82, 2.24) is 0 Å². The number of ether oxygens (including phenoxy) is 1. The molecule has 0 bridgehead atoms. The van der Waals surface area contributed by atoms with Crippen molar-refractivity contribution in [2.75, 3.05) is 6.54 Å². The van der Waals surface area contributed by atoms with Crippen molar-refractivity contribution in [1.29, 1.82) is 0 Å². The van der Waals surface area contributed by atoms with Crippen LogP contribution in [0.4, 0.5) is 0 Å². The SMILES string of the molecule is NC[C@H](O)c1ccccc1Oc1ccccc1. The molecule has 0 radical (unpaired) electrons. The third-order valence-electron chi connectivity index (χ3n) is 2.47. The van der Waals surface area contributed by atoms with Crippen LogP contribution in [0.2, 0.25) is 0 Å². The summed E-state index contributed by atoms with van der Waals surface area (Å²) in [4.78, 5) is 0. The summed E-state index contributed by atoms with van der Waals surface area (Å²) < 4.78 is 5.72. The van der Waals surface area contributed by atoms with Crippen LogP contribution in [0.3, 0.4) is 0 Å². The lowest BCUT2D eigenvalue weighted by Crippen LogP contribution is -2.12. The zero-order chi connectivity index (χ0) is 12.1. The minimum Gasteiger partial charge on any atom is -0.457 e. The van der Waals surface area contributed by atoms with Crippen LogP contribution in [-0.2, 0) is 0 Å². The van der Waals surface area contributed by atoms with Gasteiger partial charge in [0.15, 0.2) is 0 Å². The largest absolute Gasteiger partial charge is 0.457 e. The summed E-state index contributed by atoms with van der Waals surface area (Å²) in [5.41, 5.74) is 6.17. The summed E-state index contributed by atoms with van der Waals surface area (Å²) in [6.07, 6.45) is -0.699. The van der Waals surface area contributed by atoms with E-state index in [4.69, 9.17) is 10.5 Å². The molecule has 0 fully saturated rings. The Morgan fingerprint density at radius 2 is 1.65 bits per heavy atom.